The van der Waals surface area contributed by atoms with E-state index in [0.717, 1.165) is 53.1 Å². The highest BCUT2D eigenvalue weighted by Crippen LogP contribution is 2.39. The molecule has 2 aliphatic heterocycles. The van der Waals surface area contributed by atoms with Gasteiger partial charge in [0.25, 0.3) is 23.6 Å². The molecule has 5 aromatic rings. The Hall–Kier alpha value is -5.50. The molecule has 0 aliphatic carbocycles. The van der Waals surface area contributed by atoms with Crippen molar-refractivity contribution in [3.05, 3.63) is 114 Å². The smallest absolute Gasteiger partial charge is 0.265 e. The standard InChI is InChI=1S/C38H32N4O4/c1-3-5-8-23(4-2)22-41-35(43)27-14-16-29-34-30(17-15-28(33(27)34)36(41)44)38(46)42(37(29)45)26-12-10-24(11-13-26)25-18-20-40-32(21-25)31-9-6-7-19-39-31/h6-7,9-21,23H,3-5,8,22H2,1-2H3. The van der Waals surface area contributed by atoms with E-state index in [0.29, 0.717) is 34.1 Å². The lowest BCUT2D eigenvalue weighted by molar-refractivity contribution is 0.0578. The number of benzene rings is 3. The predicted octanol–water partition coefficient (Wildman–Crippen LogP) is 7.58. The van der Waals surface area contributed by atoms with Crippen LogP contribution in [-0.4, -0.2) is 45.0 Å². The topological polar surface area (TPSA) is 101 Å². The van der Waals surface area contributed by atoms with E-state index in [2.05, 4.69) is 23.8 Å². The molecular formula is C38H32N4O4. The summed E-state index contributed by atoms with van der Waals surface area (Å²) in [6.07, 6.45) is 7.34. The maximum atomic E-state index is 13.9. The molecule has 1 unspecified atom stereocenters. The second-order valence-corrected chi connectivity index (χ2v) is 11.8. The number of aromatic nitrogens is 2. The summed E-state index contributed by atoms with van der Waals surface area (Å²) in [5.74, 6) is -1.54. The average molecular weight is 609 g/mol. The molecule has 7 rings (SSSR count). The molecule has 4 heterocycles. The summed E-state index contributed by atoms with van der Waals surface area (Å²) in [5, 5.41) is 0.761. The molecule has 0 saturated carbocycles. The zero-order chi connectivity index (χ0) is 31.9. The second kappa shape index (κ2) is 11.8. The highest BCUT2D eigenvalue weighted by molar-refractivity contribution is 6.39. The van der Waals surface area contributed by atoms with Crippen LogP contribution in [0.1, 0.15) is 81.0 Å². The van der Waals surface area contributed by atoms with Gasteiger partial charge in [0.05, 0.1) is 17.1 Å². The van der Waals surface area contributed by atoms with Crippen molar-refractivity contribution in [1.29, 1.82) is 0 Å². The van der Waals surface area contributed by atoms with E-state index >= 15 is 0 Å². The lowest BCUT2D eigenvalue weighted by Gasteiger charge is -2.33. The van der Waals surface area contributed by atoms with Gasteiger partial charge < -0.3 is 0 Å². The first-order valence-electron chi connectivity index (χ1n) is 15.7. The van der Waals surface area contributed by atoms with Gasteiger partial charge in [0.1, 0.15) is 0 Å². The lowest BCUT2D eigenvalue weighted by Crippen LogP contribution is -2.44. The number of unbranched alkanes of at least 4 members (excludes halogenated alkanes) is 1. The Bertz CT molecular complexity index is 1970. The normalized spacial score (nSPS) is 14.7. The maximum Gasteiger partial charge on any atom is 0.265 e. The number of amides is 4. The van der Waals surface area contributed by atoms with Crippen LogP contribution >= 0.6 is 0 Å². The molecule has 8 nitrogen and oxygen atoms in total. The molecule has 0 bridgehead atoms. The largest absolute Gasteiger partial charge is 0.274 e. The first-order chi connectivity index (χ1) is 22.4. The highest BCUT2D eigenvalue weighted by Gasteiger charge is 2.40. The van der Waals surface area contributed by atoms with Gasteiger partial charge in [0.15, 0.2) is 0 Å². The van der Waals surface area contributed by atoms with Gasteiger partial charge in [-0.2, -0.15) is 0 Å². The molecule has 0 spiro atoms. The molecule has 8 heteroatoms. The SMILES string of the molecule is CCCCC(CC)CN1C(=O)c2ccc3c4c(ccc(c24)C1=O)C(=O)N(c1ccc(-c2ccnc(-c4ccccn4)c2)cc1)C3=O. The molecule has 0 saturated heterocycles. The van der Waals surface area contributed by atoms with Crippen LogP contribution in [0.5, 0.6) is 0 Å². The van der Waals surface area contributed by atoms with Gasteiger partial charge in [0.2, 0.25) is 0 Å². The fourth-order valence-electron chi connectivity index (χ4n) is 6.57. The van der Waals surface area contributed by atoms with Gasteiger partial charge in [-0.25, -0.2) is 4.90 Å². The van der Waals surface area contributed by atoms with Crippen LogP contribution in [0.25, 0.3) is 33.3 Å². The Morgan fingerprint density at radius 2 is 1.24 bits per heavy atom. The van der Waals surface area contributed by atoms with E-state index in [1.54, 1.807) is 48.8 Å². The fourth-order valence-corrected chi connectivity index (χ4v) is 6.57. The van der Waals surface area contributed by atoms with E-state index < -0.39 is 11.8 Å². The van der Waals surface area contributed by atoms with Gasteiger partial charge in [-0.05, 0) is 84.1 Å². The van der Waals surface area contributed by atoms with Gasteiger partial charge in [0, 0.05) is 52.0 Å². The molecule has 1 atom stereocenters. The molecule has 3 aromatic carbocycles. The van der Waals surface area contributed by atoms with Crippen molar-refractivity contribution in [2.24, 2.45) is 5.92 Å². The third-order valence-corrected chi connectivity index (χ3v) is 9.11. The number of hydrogen-bond donors (Lipinski definition) is 0. The molecule has 2 aromatic heterocycles. The first kappa shape index (κ1) is 29.2. The summed E-state index contributed by atoms with van der Waals surface area (Å²) in [7, 11) is 0. The van der Waals surface area contributed by atoms with Gasteiger partial charge in [-0.15, -0.1) is 0 Å². The zero-order valence-corrected chi connectivity index (χ0v) is 25.7. The summed E-state index contributed by atoms with van der Waals surface area (Å²) >= 11 is 0. The Labute approximate surface area is 266 Å². The molecule has 0 radical (unpaired) electrons. The Kier molecular flexibility index (Phi) is 7.48. The van der Waals surface area contributed by atoms with Crippen LogP contribution in [-0.2, 0) is 0 Å². The van der Waals surface area contributed by atoms with Crippen LogP contribution < -0.4 is 4.90 Å². The first-order valence-corrected chi connectivity index (χ1v) is 15.7. The van der Waals surface area contributed by atoms with Crippen molar-refractivity contribution in [2.45, 2.75) is 39.5 Å². The maximum absolute atomic E-state index is 13.9. The van der Waals surface area contributed by atoms with Crippen molar-refractivity contribution < 1.29 is 19.2 Å². The Morgan fingerprint density at radius 3 is 1.80 bits per heavy atom. The number of rotatable bonds is 9. The number of anilines is 1. The number of nitrogens with zero attached hydrogens (tertiary/aromatic N) is 4. The molecule has 0 N–H and O–H groups in total. The molecule has 2 aliphatic rings. The van der Waals surface area contributed by atoms with Crippen LogP contribution in [0.15, 0.2) is 91.3 Å². The Morgan fingerprint density at radius 1 is 0.630 bits per heavy atom. The summed E-state index contributed by atoms with van der Waals surface area (Å²) in [6, 6.07) is 23.2. The fraction of sp³-hybridized carbons (Fsp3) is 0.211. The third-order valence-electron chi connectivity index (χ3n) is 9.11. The summed E-state index contributed by atoms with van der Waals surface area (Å²) in [6.45, 7) is 4.55. The second-order valence-electron chi connectivity index (χ2n) is 11.8. The monoisotopic (exact) mass is 608 g/mol. The lowest BCUT2D eigenvalue weighted by atomic mass is 9.85. The van der Waals surface area contributed by atoms with Crippen LogP contribution in [0, 0.1) is 5.92 Å². The molecule has 228 valence electrons. The number of pyridine rings is 2. The van der Waals surface area contributed by atoms with Crippen LogP contribution in [0.2, 0.25) is 0 Å². The van der Waals surface area contributed by atoms with E-state index in [-0.39, 0.29) is 28.9 Å². The number of carbonyl (C=O) groups excluding carboxylic acids is 4. The highest BCUT2D eigenvalue weighted by atomic mass is 16.2. The van der Waals surface area contributed by atoms with E-state index in [1.165, 1.54) is 4.90 Å². The van der Waals surface area contributed by atoms with Gasteiger partial charge >= 0.3 is 0 Å². The quantitative estimate of drug-likeness (QED) is 0.160. The van der Waals surface area contributed by atoms with Gasteiger partial charge in [-0.3, -0.25) is 34.0 Å². The van der Waals surface area contributed by atoms with Crippen molar-refractivity contribution >= 4 is 40.1 Å². The van der Waals surface area contributed by atoms with Crippen molar-refractivity contribution in [3.63, 3.8) is 0 Å². The molecular weight excluding hydrogens is 576 g/mol. The molecule has 4 amide bonds. The van der Waals surface area contributed by atoms with Crippen LogP contribution in [0.3, 0.4) is 0 Å². The number of carbonyl (C=O) groups is 4. The van der Waals surface area contributed by atoms with Crippen molar-refractivity contribution in [1.82, 2.24) is 14.9 Å². The number of imide groups is 2. The van der Waals surface area contributed by atoms with Crippen LogP contribution in [0.4, 0.5) is 5.69 Å². The summed E-state index contributed by atoms with van der Waals surface area (Å²) in [5.41, 5.74) is 5.01. The van der Waals surface area contributed by atoms with E-state index in [4.69, 9.17) is 0 Å². The van der Waals surface area contributed by atoms with E-state index in [1.807, 2.05) is 42.5 Å². The van der Waals surface area contributed by atoms with Crippen molar-refractivity contribution in [2.75, 3.05) is 11.4 Å². The zero-order valence-electron chi connectivity index (χ0n) is 25.7. The minimum Gasteiger partial charge on any atom is -0.274 e. The summed E-state index contributed by atoms with van der Waals surface area (Å²) < 4.78 is 0. The minimum atomic E-state index is -0.497. The van der Waals surface area contributed by atoms with Crippen molar-refractivity contribution in [3.8, 4) is 22.5 Å². The predicted molar refractivity (Wildman–Crippen MR) is 177 cm³/mol. The summed E-state index contributed by atoms with van der Waals surface area (Å²) in [4.78, 5) is 66.5. The average Bonchev–Trinajstić information content (AvgIpc) is 3.10. The third kappa shape index (κ3) is 4.77. The van der Waals surface area contributed by atoms with Gasteiger partial charge in [-0.1, -0.05) is 51.3 Å². The minimum absolute atomic E-state index is 0.215. The molecule has 46 heavy (non-hydrogen) atoms. The Balaban J connectivity index is 1.21. The number of hydrogen-bond acceptors (Lipinski definition) is 6. The molecule has 0 fully saturated rings. The van der Waals surface area contributed by atoms with E-state index in [9.17, 15) is 19.2 Å².